The zero-order valence-corrected chi connectivity index (χ0v) is 17.5. The van der Waals surface area contributed by atoms with E-state index in [2.05, 4.69) is 10.6 Å². The minimum Gasteiger partial charge on any atom is -0.347 e. The number of carbonyl (C=O) groups excluding carboxylic acids is 3. The summed E-state index contributed by atoms with van der Waals surface area (Å²) < 4.78 is 13.4. The predicted octanol–water partition coefficient (Wildman–Crippen LogP) is 3.67. The van der Waals surface area contributed by atoms with Crippen LogP contribution in [0.1, 0.15) is 69.9 Å². The molecule has 4 rings (SSSR count). The molecule has 1 spiro atoms. The van der Waals surface area contributed by atoms with Crippen LogP contribution >= 0.6 is 0 Å². The van der Waals surface area contributed by atoms with Crippen molar-refractivity contribution in [1.29, 1.82) is 0 Å². The van der Waals surface area contributed by atoms with Crippen molar-refractivity contribution in [1.82, 2.24) is 15.5 Å². The summed E-state index contributed by atoms with van der Waals surface area (Å²) in [5.74, 6) is -0.635. The van der Waals surface area contributed by atoms with Gasteiger partial charge in [0.15, 0.2) is 0 Å². The van der Waals surface area contributed by atoms with Gasteiger partial charge in [-0.3, -0.25) is 14.5 Å². The standard InChI is InChI=1S/C23H30FN3O3/c1-15-6-4-5-13-23(15)21(29)27(22(30)26-23)14-19(28)25-20(16-7-2-3-8-16)17-9-11-18(24)12-10-17/h9-12,15-16,20H,2-8,13-14H2,1H3,(H,25,28)(H,26,30)/t15-,20+,23+/m1/s1. The average Bonchev–Trinajstić information content (AvgIpc) is 3.33. The number of halogens is 1. The van der Waals surface area contributed by atoms with Crippen molar-refractivity contribution in [3.63, 3.8) is 0 Å². The van der Waals surface area contributed by atoms with E-state index < -0.39 is 11.6 Å². The molecule has 2 aliphatic carbocycles. The number of carbonyl (C=O) groups is 3. The number of rotatable bonds is 5. The second kappa shape index (κ2) is 8.36. The first-order valence-corrected chi connectivity index (χ1v) is 11.1. The van der Waals surface area contributed by atoms with Crippen LogP contribution in [-0.2, 0) is 9.59 Å². The lowest BCUT2D eigenvalue weighted by atomic mass is 9.73. The largest absolute Gasteiger partial charge is 0.347 e. The van der Waals surface area contributed by atoms with Gasteiger partial charge in [-0.15, -0.1) is 0 Å². The second-order valence-corrected chi connectivity index (χ2v) is 9.08. The SMILES string of the molecule is C[C@@H]1CCCC[C@]12NC(=O)N(CC(=O)N[C@H](c1ccc(F)cc1)C1CCCC1)C2=O. The summed E-state index contributed by atoms with van der Waals surface area (Å²) in [6.45, 7) is 1.70. The van der Waals surface area contributed by atoms with Crippen molar-refractivity contribution in [2.45, 2.75) is 69.9 Å². The molecule has 3 atom stereocenters. The smallest absolute Gasteiger partial charge is 0.325 e. The average molecular weight is 416 g/mol. The Hall–Kier alpha value is -2.44. The molecular formula is C23H30FN3O3. The fraction of sp³-hybridized carbons (Fsp3) is 0.609. The Morgan fingerprint density at radius 3 is 2.50 bits per heavy atom. The van der Waals surface area contributed by atoms with Crippen LogP contribution in [-0.4, -0.2) is 34.8 Å². The Morgan fingerprint density at radius 2 is 1.83 bits per heavy atom. The summed E-state index contributed by atoms with van der Waals surface area (Å²) in [5, 5.41) is 5.92. The van der Waals surface area contributed by atoms with E-state index in [1.165, 1.54) is 12.1 Å². The second-order valence-electron chi connectivity index (χ2n) is 9.08. The van der Waals surface area contributed by atoms with Crippen LogP contribution in [0.5, 0.6) is 0 Å². The van der Waals surface area contributed by atoms with Crippen molar-refractivity contribution >= 4 is 17.8 Å². The Balaban J connectivity index is 1.47. The molecule has 2 N–H and O–H groups in total. The van der Waals surface area contributed by atoms with Gasteiger partial charge in [-0.2, -0.15) is 0 Å². The molecule has 162 valence electrons. The highest BCUT2D eigenvalue weighted by atomic mass is 19.1. The highest BCUT2D eigenvalue weighted by Crippen LogP contribution is 2.38. The van der Waals surface area contributed by atoms with Crippen LogP contribution in [0.25, 0.3) is 0 Å². The zero-order valence-electron chi connectivity index (χ0n) is 17.5. The number of benzene rings is 1. The van der Waals surface area contributed by atoms with E-state index in [-0.39, 0.29) is 42.1 Å². The van der Waals surface area contributed by atoms with Crippen LogP contribution in [0.3, 0.4) is 0 Å². The molecule has 1 saturated heterocycles. The van der Waals surface area contributed by atoms with Crippen molar-refractivity contribution in [3.8, 4) is 0 Å². The highest BCUT2D eigenvalue weighted by molar-refractivity contribution is 6.09. The van der Waals surface area contributed by atoms with Gasteiger partial charge in [0.2, 0.25) is 5.91 Å². The summed E-state index contributed by atoms with van der Waals surface area (Å²) in [7, 11) is 0. The van der Waals surface area contributed by atoms with E-state index >= 15 is 0 Å². The Labute approximate surface area is 176 Å². The maximum Gasteiger partial charge on any atom is 0.325 e. The van der Waals surface area contributed by atoms with E-state index in [4.69, 9.17) is 0 Å². The van der Waals surface area contributed by atoms with E-state index in [9.17, 15) is 18.8 Å². The maximum atomic E-state index is 13.4. The van der Waals surface area contributed by atoms with Crippen LogP contribution in [0.15, 0.2) is 24.3 Å². The van der Waals surface area contributed by atoms with Crippen molar-refractivity contribution in [2.24, 2.45) is 11.8 Å². The number of imide groups is 1. The molecule has 1 aromatic carbocycles. The number of hydrogen-bond donors (Lipinski definition) is 2. The summed E-state index contributed by atoms with van der Waals surface area (Å²) >= 11 is 0. The summed E-state index contributed by atoms with van der Waals surface area (Å²) in [4.78, 5) is 39.6. The molecule has 1 aromatic rings. The van der Waals surface area contributed by atoms with E-state index in [1.54, 1.807) is 12.1 Å². The molecule has 0 bridgehead atoms. The Bertz CT molecular complexity index is 821. The van der Waals surface area contributed by atoms with Crippen LogP contribution < -0.4 is 10.6 Å². The first-order valence-electron chi connectivity index (χ1n) is 11.1. The lowest BCUT2D eigenvalue weighted by Gasteiger charge is -2.36. The van der Waals surface area contributed by atoms with Crippen molar-refractivity contribution < 1.29 is 18.8 Å². The fourth-order valence-corrected chi connectivity index (χ4v) is 5.44. The lowest BCUT2D eigenvalue weighted by Crippen LogP contribution is -2.54. The van der Waals surface area contributed by atoms with Gasteiger partial charge in [-0.05, 0) is 55.2 Å². The van der Waals surface area contributed by atoms with Crippen LogP contribution in [0, 0.1) is 17.7 Å². The summed E-state index contributed by atoms with van der Waals surface area (Å²) in [6.07, 6.45) is 7.64. The number of amides is 4. The van der Waals surface area contributed by atoms with Crippen molar-refractivity contribution in [2.75, 3.05) is 6.54 Å². The normalized spacial score (nSPS) is 28.1. The summed E-state index contributed by atoms with van der Waals surface area (Å²) in [6, 6.07) is 5.47. The van der Waals surface area contributed by atoms with Gasteiger partial charge < -0.3 is 10.6 Å². The van der Waals surface area contributed by atoms with Gasteiger partial charge in [0, 0.05) is 0 Å². The molecule has 6 nitrogen and oxygen atoms in total. The third-order valence-corrected chi connectivity index (χ3v) is 7.22. The predicted molar refractivity (Wildman–Crippen MR) is 110 cm³/mol. The number of nitrogens with one attached hydrogen (secondary N) is 2. The lowest BCUT2D eigenvalue weighted by molar-refractivity contribution is -0.137. The molecule has 2 saturated carbocycles. The van der Waals surface area contributed by atoms with Gasteiger partial charge >= 0.3 is 6.03 Å². The molecule has 1 heterocycles. The third kappa shape index (κ3) is 3.82. The molecule has 0 unspecified atom stereocenters. The Kier molecular flexibility index (Phi) is 5.80. The zero-order chi connectivity index (χ0) is 21.3. The van der Waals surface area contributed by atoms with Gasteiger partial charge in [0.05, 0.1) is 6.04 Å². The minimum atomic E-state index is -0.864. The molecular weight excluding hydrogens is 385 g/mol. The minimum absolute atomic E-state index is 0.0567. The molecule has 1 aliphatic heterocycles. The van der Waals surface area contributed by atoms with E-state index in [1.807, 2.05) is 6.92 Å². The molecule has 0 aromatic heterocycles. The molecule has 7 heteroatoms. The van der Waals surface area contributed by atoms with E-state index in [0.717, 1.165) is 55.4 Å². The molecule has 3 aliphatic rings. The fourth-order valence-electron chi connectivity index (χ4n) is 5.44. The monoisotopic (exact) mass is 415 g/mol. The van der Waals surface area contributed by atoms with Crippen LogP contribution in [0.2, 0.25) is 0 Å². The first-order chi connectivity index (χ1) is 14.4. The molecule has 30 heavy (non-hydrogen) atoms. The molecule has 0 radical (unpaired) electrons. The molecule has 3 fully saturated rings. The maximum absolute atomic E-state index is 13.4. The van der Waals surface area contributed by atoms with Gasteiger partial charge in [-0.25, -0.2) is 9.18 Å². The quantitative estimate of drug-likeness (QED) is 0.720. The van der Waals surface area contributed by atoms with E-state index in [0.29, 0.717) is 6.42 Å². The third-order valence-electron chi connectivity index (χ3n) is 7.22. The van der Waals surface area contributed by atoms with Gasteiger partial charge in [0.25, 0.3) is 5.91 Å². The number of nitrogens with zero attached hydrogens (tertiary/aromatic N) is 1. The van der Waals surface area contributed by atoms with Gasteiger partial charge in [-0.1, -0.05) is 44.7 Å². The van der Waals surface area contributed by atoms with Crippen LogP contribution in [0.4, 0.5) is 9.18 Å². The summed E-state index contributed by atoms with van der Waals surface area (Å²) in [5.41, 5.74) is -0.0107. The topological polar surface area (TPSA) is 78.5 Å². The number of urea groups is 1. The highest BCUT2D eigenvalue weighted by Gasteiger charge is 2.55. The van der Waals surface area contributed by atoms with Crippen molar-refractivity contribution in [3.05, 3.63) is 35.6 Å². The first kappa shape index (κ1) is 20.8. The van der Waals surface area contributed by atoms with Gasteiger partial charge in [0.1, 0.15) is 17.9 Å². The molecule has 4 amide bonds. The number of hydrogen-bond acceptors (Lipinski definition) is 3. The Morgan fingerprint density at radius 1 is 1.17 bits per heavy atom.